The molecule has 0 saturated carbocycles. The van der Waals surface area contributed by atoms with Gasteiger partial charge in [-0.05, 0) is 31.2 Å². The van der Waals surface area contributed by atoms with Crippen molar-refractivity contribution in [2.45, 2.75) is 32.1 Å². The van der Waals surface area contributed by atoms with Gasteiger partial charge in [0.1, 0.15) is 11.1 Å². The van der Waals surface area contributed by atoms with Crippen molar-refractivity contribution in [2.75, 3.05) is 14.1 Å². The Morgan fingerprint density at radius 1 is 1.29 bits per heavy atom. The molecule has 17 heavy (non-hydrogen) atoms. The Bertz CT molecular complexity index is 466. The van der Waals surface area contributed by atoms with E-state index in [1.54, 1.807) is 17.7 Å². The minimum atomic E-state index is 0.810. The van der Waals surface area contributed by atoms with Crippen LogP contribution in [0, 0.1) is 11.3 Å². The SMILES string of the molecule is CN(C)/C=N\c1sc2c(c1C#N)CCCCC2. The van der Waals surface area contributed by atoms with Crippen LogP contribution in [-0.2, 0) is 12.8 Å². The largest absolute Gasteiger partial charge is 0.369 e. The predicted octanol–water partition coefficient (Wildman–Crippen LogP) is 3.11. The normalized spacial score (nSPS) is 15.4. The van der Waals surface area contributed by atoms with Gasteiger partial charge < -0.3 is 4.90 Å². The predicted molar refractivity (Wildman–Crippen MR) is 72.1 cm³/mol. The second-order valence-corrected chi connectivity index (χ2v) is 5.65. The molecule has 4 heteroatoms. The number of nitriles is 1. The third kappa shape index (κ3) is 2.67. The van der Waals surface area contributed by atoms with Gasteiger partial charge in [-0.15, -0.1) is 11.3 Å². The summed E-state index contributed by atoms with van der Waals surface area (Å²) in [4.78, 5) is 7.68. The number of hydrogen-bond donors (Lipinski definition) is 0. The average Bonchev–Trinajstić information content (AvgIpc) is 2.46. The summed E-state index contributed by atoms with van der Waals surface area (Å²) in [6.07, 6.45) is 7.66. The molecule has 0 radical (unpaired) electrons. The number of nitrogens with zero attached hydrogens (tertiary/aromatic N) is 3. The number of thiophene rings is 1. The maximum Gasteiger partial charge on any atom is 0.136 e. The first-order valence-corrected chi connectivity index (χ1v) is 6.79. The van der Waals surface area contributed by atoms with Gasteiger partial charge in [-0.3, -0.25) is 0 Å². The van der Waals surface area contributed by atoms with E-state index in [-0.39, 0.29) is 0 Å². The minimum absolute atomic E-state index is 0.810. The second-order valence-electron chi connectivity index (χ2n) is 4.56. The van der Waals surface area contributed by atoms with Crippen LogP contribution < -0.4 is 0 Å². The molecule has 0 aliphatic heterocycles. The molecule has 0 fully saturated rings. The van der Waals surface area contributed by atoms with Crippen molar-refractivity contribution < 1.29 is 0 Å². The summed E-state index contributed by atoms with van der Waals surface area (Å²) >= 11 is 1.69. The summed E-state index contributed by atoms with van der Waals surface area (Å²) in [5.74, 6) is 0. The highest BCUT2D eigenvalue weighted by Gasteiger charge is 2.19. The maximum absolute atomic E-state index is 9.29. The first kappa shape index (κ1) is 12.1. The van der Waals surface area contributed by atoms with Crippen LogP contribution in [0.5, 0.6) is 0 Å². The van der Waals surface area contributed by atoms with Crippen LogP contribution in [0.3, 0.4) is 0 Å². The maximum atomic E-state index is 9.29. The van der Waals surface area contributed by atoms with Gasteiger partial charge in [0.2, 0.25) is 0 Å². The Labute approximate surface area is 106 Å². The fraction of sp³-hybridized carbons (Fsp3) is 0.538. The molecule has 0 amide bonds. The van der Waals surface area contributed by atoms with Crippen molar-refractivity contribution in [2.24, 2.45) is 4.99 Å². The molecule has 1 aliphatic rings. The topological polar surface area (TPSA) is 39.4 Å². The van der Waals surface area contributed by atoms with Gasteiger partial charge in [0, 0.05) is 19.0 Å². The standard InChI is InChI=1S/C13H17N3S/c1-16(2)9-15-13-11(8-14)10-6-4-3-5-7-12(10)17-13/h9H,3-7H2,1-2H3/b15-9-. The summed E-state index contributed by atoms with van der Waals surface area (Å²) in [7, 11) is 3.88. The molecule has 1 aromatic rings. The summed E-state index contributed by atoms with van der Waals surface area (Å²) in [6.45, 7) is 0. The number of aliphatic imine (C=N–C) groups is 1. The van der Waals surface area contributed by atoms with E-state index in [2.05, 4.69) is 11.1 Å². The van der Waals surface area contributed by atoms with Gasteiger partial charge in [-0.1, -0.05) is 6.42 Å². The van der Waals surface area contributed by atoms with Crippen LogP contribution in [0.25, 0.3) is 0 Å². The van der Waals surface area contributed by atoms with Crippen molar-refractivity contribution in [3.05, 3.63) is 16.0 Å². The third-order valence-electron chi connectivity index (χ3n) is 2.92. The lowest BCUT2D eigenvalue weighted by atomic mass is 10.1. The van der Waals surface area contributed by atoms with Crippen LogP contribution in [-0.4, -0.2) is 25.3 Å². The Balaban J connectivity index is 2.38. The fourth-order valence-electron chi connectivity index (χ4n) is 2.10. The molecule has 0 unspecified atom stereocenters. The molecular formula is C13H17N3S. The Morgan fingerprint density at radius 2 is 2.06 bits per heavy atom. The smallest absolute Gasteiger partial charge is 0.136 e. The van der Waals surface area contributed by atoms with Gasteiger partial charge >= 0.3 is 0 Å². The molecule has 1 aliphatic carbocycles. The van der Waals surface area contributed by atoms with Gasteiger partial charge in [0.05, 0.1) is 11.9 Å². The van der Waals surface area contributed by atoms with E-state index in [1.165, 1.54) is 29.7 Å². The molecule has 0 N–H and O–H groups in total. The van der Waals surface area contributed by atoms with E-state index in [4.69, 9.17) is 0 Å². The lowest BCUT2D eigenvalue weighted by Crippen LogP contribution is -2.06. The highest BCUT2D eigenvalue weighted by Crippen LogP contribution is 2.38. The summed E-state index contributed by atoms with van der Waals surface area (Å²) in [6, 6.07) is 2.33. The molecule has 1 aromatic heterocycles. The summed E-state index contributed by atoms with van der Waals surface area (Å²) < 4.78 is 0. The fourth-order valence-corrected chi connectivity index (χ4v) is 3.28. The van der Waals surface area contributed by atoms with Gasteiger partial charge in [-0.2, -0.15) is 5.26 Å². The van der Waals surface area contributed by atoms with Crippen LogP contribution in [0.15, 0.2) is 4.99 Å². The third-order valence-corrected chi connectivity index (χ3v) is 4.12. The Hall–Kier alpha value is -1.34. The molecule has 0 spiro atoms. The first-order valence-electron chi connectivity index (χ1n) is 5.97. The van der Waals surface area contributed by atoms with E-state index >= 15 is 0 Å². The lowest BCUT2D eigenvalue weighted by Gasteiger charge is -2.01. The van der Waals surface area contributed by atoms with E-state index < -0.39 is 0 Å². The van der Waals surface area contributed by atoms with Crippen LogP contribution in [0.1, 0.15) is 35.3 Å². The van der Waals surface area contributed by atoms with Gasteiger partial charge in [-0.25, -0.2) is 4.99 Å². The first-order chi connectivity index (χ1) is 8.22. The molecule has 1 heterocycles. The van der Waals surface area contributed by atoms with Crippen molar-refractivity contribution in [3.8, 4) is 6.07 Å². The number of rotatable bonds is 2. The van der Waals surface area contributed by atoms with Crippen LogP contribution >= 0.6 is 11.3 Å². The van der Waals surface area contributed by atoms with Crippen molar-refractivity contribution in [3.63, 3.8) is 0 Å². The average molecular weight is 247 g/mol. The zero-order valence-electron chi connectivity index (χ0n) is 10.4. The van der Waals surface area contributed by atoms with Gasteiger partial charge in [0.15, 0.2) is 0 Å². The summed E-state index contributed by atoms with van der Waals surface area (Å²) in [5, 5.41) is 10.2. The highest BCUT2D eigenvalue weighted by atomic mass is 32.1. The molecule has 0 atom stereocenters. The van der Waals surface area contributed by atoms with Gasteiger partial charge in [0.25, 0.3) is 0 Å². The molecule has 0 saturated heterocycles. The van der Waals surface area contributed by atoms with Crippen molar-refractivity contribution in [1.29, 1.82) is 5.26 Å². The zero-order valence-corrected chi connectivity index (χ0v) is 11.2. The number of fused-ring (bicyclic) bond motifs is 1. The molecule has 2 rings (SSSR count). The Kier molecular flexibility index (Phi) is 3.80. The Morgan fingerprint density at radius 3 is 2.76 bits per heavy atom. The minimum Gasteiger partial charge on any atom is -0.369 e. The lowest BCUT2D eigenvalue weighted by molar-refractivity contribution is 0.643. The molecule has 0 aromatic carbocycles. The van der Waals surface area contributed by atoms with E-state index in [9.17, 15) is 5.26 Å². The zero-order chi connectivity index (χ0) is 12.3. The van der Waals surface area contributed by atoms with E-state index in [1.807, 2.05) is 19.0 Å². The van der Waals surface area contributed by atoms with E-state index in [0.29, 0.717) is 0 Å². The summed E-state index contributed by atoms with van der Waals surface area (Å²) in [5.41, 5.74) is 2.07. The van der Waals surface area contributed by atoms with Crippen LogP contribution in [0.2, 0.25) is 0 Å². The molecular weight excluding hydrogens is 230 g/mol. The van der Waals surface area contributed by atoms with Crippen molar-refractivity contribution in [1.82, 2.24) is 4.90 Å². The number of aryl methyl sites for hydroxylation is 1. The second kappa shape index (κ2) is 5.33. The van der Waals surface area contributed by atoms with Crippen molar-refractivity contribution >= 4 is 22.7 Å². The number of hydrogen-bond acceptors (Lipinski definition) is 3. The monoisotopic (exact) mass is 247 g/mol. The quantitative estimate of drug-likeness (QED) is 0.457. The highest BCUT2D eigenvalue weighted by molar-refractivity contribution is 7.16. The molecule has 3 nitrogen and oxygen atoms in total. The molecule has 0 bridgehead atoms. The molecule has 90 valence electrons. The van der Waals surface area contributed by atoms with Crippen LogP contribution in [0.4, 0.5) is 5.00 Å². The van der Waals surface area contributed by atoms with E-state index in [0.717, 1.165) is 23.4 Å².